The monoisotopic (exact) mass is 316 g/mol. The van der Waals surface area contributed by atoms with Crippen molar-refractivity contribution < 1.29 is 13.2 Å². The molecule has 0 amide bonds. The molecule has 0 unspecified atom stereocenters. The Labute approximate surface area is 126 Å². The Morgan fingerprint density at radius 3 is 2.40 bits per heavy atom. The lowest BCUT2D eigenvalue weighted by Gasteiger charge is -2.23. The Morgan fingerprint density at radius 1 is 1.35 bits per heavy atom. The molecule has 0 aliphatic heterocycles. The van der Waals surface area contributed by atoms with Gasteiger partial charge in [-0.05, 0) is 30.5 Å². The summed E-state index contributed by atoms with van der Waals surface area (Å²) in [6, 6.07) is 4.71. The third-order valence-electron chi connectivity index (χ3n) is 2.83. The van der Waals surface area contributed by atoms with Crippen molar-refractivity contribution in [3.63, 3.8) is 0 Å². The molecule has 0 fully saturated rings. The van der Waals surface area contributed by atoms with Gasteiger partial charge in [-0.25, -0.2) is 8.42 Å². The standard InChI is InChI=1S/C15H21ClO3S/c1-11(2)8-9-19-14-7-6-12(20(16,17)18)10-13(14)15(3,4)5/h6-7,10H,1,8-9H2,2-5H3. The van der Waals surface area contributed by atoms with Crippen LogP contribution in [0.3, 0.4) is 0 Å². The topological polar surface area (TPSA) is 43.4 Å². The van der Waals surface area contributed by atoms with Gasteiger partial charge in [0.15, 0.2) is 0 Å². The van der Waals surface area contributed by atoms with Crippen LogP contribution in [0.5, 0.6) is 5.75 Å². The minimum Gasteiger partial charge on any atom is -0.493 e. The first kappa shape index (κ1) is 17.1. The number of halogens is 1. The van der Waals surface area contributed by atoms with E-state index in [1.54, 1.807) is 12.1 Å². The van der Waals surface area contributed by atoms with E-state index in [1.165, 1.54) is 6.07 Å². The lowest BCUT2D eigenvalue weighted by Crippen LogP contribution is -2.14. The second-order valence-corrected chi connectivity index (χ2v) is 8.47. The fourth-order valence-corrected chi connectivity index (χ4v) is 2.49. The zero-order chi connectivity index (χ0) is 15.6. The summed E-state index contributed by atoms with van der Waals surface area (Å²) in [7, 11) is 1.66. The summed E-state index contributed by atoms with van der Waals surface area (Å²) in [5.74, 6) is 0.683. The number of ether oxygens (including phenoxy) is 1. The molecule has 0 saturated carbocycles. The average molecular weight is 317 g/mol. The maximum Gasteiger partial charge on any atom is 0.261 e. The molecule has 3 nitrogen and oxygen atoms in total. The molecule has 0 heterocycles. The van der Waals surface area contributed by atoms with Crippen molar-refractivity contribution in [2.75, 3.05) is 6.61 Å². The molecular formula is C15H21ClO3S. The van der Waals surface area contributed by atoms with E-state index in [0.29, 0.717) is 12.4 Å². The molecule has 0 N–H and O–H groups in total. The molecule has 0 aliphatic carbocycles. The second-order valence-electron chi connectivity index (χ2n) is 5.90. The molecule has 0 bridgehead atoms. The highest BCUT2D eigenvalue weighted by atomic mass is 35.7. The van der Waals surface area contributed by atoms with E-state index in [9.17, 15) is 8.42 Å². The number of benzene rings is 1. The fraction of sp³-hybridized carbons (Fsp3) is 0.467. The predicted octanol–water partition coefficient (Wildman–Crippen LogP) is 4.26. The van der Waals surface area contributed by atoms with E-state index >= 15 is 0 Å². The van der Waals surface area contributed by atoms with Crippen molar-refractivity contribution in [1.29, 1.82) is 0 Å². The zero-order valence-electron chi connectivity index (χ0n) is 12.4. The van der Waals surface area contributed by atoms with Gasteiger partial charge in [-0.2, -0.15) is 0 Å². The predicted molar refractivity (Wildman–Crippen MR) is 83.1 cm³/mol. The van der Waals surface area contributed by atoms with Crippen LogP contribution < -0.4 is 4.74 Å². The summed E-state index contributed by atoms with van der Waals surface area (Å²) in [6.07, 6.45) is 0.763. The molecule has 1 aromatic rings. The first-order valence-corrected chi connectivity index (χ1v) is 8.69. The summed E-state index contributed by atoms with van der Waals surface area (Å²) in [5, 5.41) is 0. The van der Waals surface area contributed by atoms with Gasteiger partial charge in [-0.15, -0.1) is 6.58 Å². The van der Waals surface area contributed by atoms with Crippen LogP contribution >= 0.6 is 10.7 Å². The number of hydrogen-bond donors (Lipinski definition) is 0. The molecule has 0 atom stereocenters. The van der Waals surface area contributed by atoms with Gasteiger partial charge in [-0.3, -0.25) is 0 Å². The molecule has 0 aliphatic rings. The number of rotatable bonds is 5. The van der Waals surface area contributed by atoms with Gasteiger partial charge >= 0.3 is 0 Å². The summed E-state index contributed by atoms with van der Waals surface area (Å²) < 4.78 is 28.6. The number of hydrogen-bond acceptors (Lipinski definition) is 3. The Morgan fingerprint density at radius 2 is 1.95 bits per heavy atom. The molecule has 0 aromatic heterocycles. The minimum absolute atomic E-state index is 0.0938. The molecule has 0 radical (unpaired) electrons. The van der Waals surface area contributed by atoms with Crippen molar-refractivity contribution in [2.24, 2.45) is 0 Å². The van der Waals surface area contributed by atoms with E-state index in [4.69, 9.17) is 15.4 Å². The van der Waals surface area contributed by atoms with Crippen LogP contribution in [-0.2, 0) is 14.5 Å². The molecule has 0 saturated heterocycles. The van der Waals surface area contributed by atoms with Crippen LogP contribution in [0.15, 0.2) is 35.2 Å². The normalized spacial score (nSPS) is 12.2. The Bertz CT molecular complexity index is 598. The smallest absolute Gasteiger partial charge is 0.261 e. The van der Waals surface area contributed by atoms with E-state index in [0.717, 1.165) is 17.6 Å². The first-order valence-electron chi connectivity index (χ1n) is 6.38. The molecule has 5 heteroatoms. The molecule has 1 aromatic carbocycles. The summed E-state index contributed by atoms with van der Waals surface area (Å²) >= 11 is 0. The van der Waals surface area contributed by atoms with Crippen LogP contribution in [0.25, 0.3) is 0 Å². The highest BCUT2D eigenvalue weighted by molar-refractivity contribution is 8.13. The summed E-state index contributed by atoms with van der Waals surface area (Å²) in [4.78, 5) is 0.0938. The van der Waals surface area contributed by atoms with E-state index < -0.39 is 9.05 Å². The van der Waals surface area contributed by atoms with Crippen LogP contribution in [0.1, 0.15) is 39.7 Å². The maximum atomic E-state index is 11.4. The Balaban J connectivity index is 3.15. The second kappa shape index (κ2) is 6.19. The third-order valence-corrected chi connectivity index (χ3v) is 4.18. The van der Waals surface area contributed by atoms with Crippen molar-refractivity contribution >= 4 is 19.7 Å². The minimum atomic E-state index is -3.73. The van der Waals surface area contributed by atoms with Gasteiger partial charge in [0.2, 0.25) is 0 Å². The van der Waals surface area contributed by atoms with E-state index in [-0.39, 0.29) is 10.3 Å². The lowest BCUT2D eigenvalue weighted by molar-refractivity contribution is 0.312. The lowest BCUT2D eigenvalue weighted by atomic mass is 9.86. The SMILES string of the molecule is C=C(C)CCOc1ccc(S(=O)(=O)Cl)cc1C(C)(C)C. The van der Waals surface area contributed by atoms with Gasteiger partial charge < -0.3 is 4.74 Å². The summed E-state index contributed by atoms with van der Waals surface area (Å²) in [6.45, 7) is 12.3. The van der Waals surface area contributed by atoms with E-state index in [2.05, 4.69) is 6.58 Å². The molecular weight excluding hydrogens is 296 g/mol. The van der Waals surface area contributed by atoms with E-state index in [1.807, 2.05) is 27.7 Å². The van der Waals surface area contributed by atoms with Gasteiger partial charge in [0.25, 0.3) is 9.05 Å². The zero-order valence-corrected chi connectivity index (χ0v) is 13.9. The van der Waals surface area contributed by atoms with Crippen LogP contribution in [-0.4, -0.2) is 15.0 Å². The van der Waals surface area contributed by atoms with Crippen molar-refractivity contribution in [2.45, 2.75) is 44.4 Å². The highest BCUT2D eigenvalue weighted by Gasteiger charge is 2.22. The van der Waals surface area contributed by atoms with Crippen molar-refractivity contribution in [3.05, 3.63) is 35.9 Å². The van der Waals surface area contributed by atoms with Gasteiger partial charge in [0.1, 0.15) is 5.75 Å². The fourth-order valence-electron chi connectivity index (χ4n) is 1.71. The van der Waals surface area contributed by atoms with Gasteiger partial charge in [0.05, 0.1) is 11.5 Å². The Kier molecular flexibility index (Phi) is 5.27. The van der Waals surface area contributed by atoms with Crippen molar-refractivity contribution in [3.8, 4) is 5.75 Å². The first-order chi connectivity index (χ1) is 9.01. The average Bonchev–Trinajstić information content (AvgIpc) is 2.25. The summed E-state index contributed by atoms with van der Waals surface area (Å²) in [5.41, 5.74) is 1.62. The largest absolute Gasteiger partial charge is 0.493 e. The van der Waals surface area contributed by atoms with Crippen LogP contribution in [0.4, 0.5) is 0 Å². The van der Waals surface area contributed by atoms with Crippen LogP contribution in [0, 0.1) is 0 Å². The van der Waals surface area contributed by atoms with Crippen molar-refractivity contribution in [1.82, 2.24) is 0 Å². The molecule has 20 heavy (non-hydrogen) atoms. The van der Waals surface area contributed by atoms with Gasteiger partial charge in [0, 0.05) is 22.7 Å². The quantitative estimate of drug-likeness (QED) is 0.602. The van der Waals surface area contributed by atoms with Crippen LogP contribution in [0.2, 0.25) is 0 Å². The molecule has 112 valence electrons. The molecule has 0 spiro atoms. The van der Waals surface area contributed by atoms with Gasteiger partial charge in [-0.1, -0.05) is 26.3 Å². The Hall–Kier alpha value is -1.00. The third kappa shape index (κ3) is 4.84. The molecule has 1 rings (SSSR count). The maximum absolute atomic E-state index is 11.4. The highest BCUT2D eigenvalue weighted by Crippen LogP contribution is 2.34.